The largest absolute Gasteiger partial charge is 0.481 e. The fourth-order valence-corrected chi connectivity index (χ4v) is 3.65. The lowest BCUT2D eigenvalue weighted by molar-refractivity contribution is -0.146. The van der Waals surface area contributed by atoms with Crippen LogP contribution in [0.4, 0.5) is 0 Å². The number of ether oxygens (including phenoxy) is 2. The van der Waals surface area contributed by atoms with Crippen LogP contribution in [0.5, 0.6) is 11.5 Å². The zero-order valence-electron chi connectivity index (χ0n) is 16.3. The monoisotopic (exact) mass is 406 g/mol. The minimum Gasteiger partial charge on any atom is -0.481 e. The molecule has 2 heterocycles. The molecule has 7 heteroatoms. The van der Waals surface area contributed by atoms with Gasteiger partial charge in [0.25, 0.3) is 0 Å². The molecule has 0 bridgehead atoms. The van der Waals surface area contributed by atoms with Gasteiger partial charge < -0.3 is 19.9 Å². The minimum atomic E-state index is -1.16. The molecule has 4 rings (SSSR count). The SMILES string of the molecule is O=C(O)C(Cc1ccnc2ccccc12)C(=O)NCCCc1cccc2c1OCO2. The highest BCUT2D eigenvalue weighted by Gasteiger charge is 2.27. The highest BCUT2D eigenvalue weighted by Crippen LogP contribution is 2.35. The molecule has 3 aromatic rings. The molecule has 1 unspecified atom stereocenters. The Labute approximate surface area is 173 Å². The summed E-state index contributed by atoms with van der Waals surface area (Å²) in [5, 5.41) is 13.2. The summed E-state index contributed by atoms with van der Waals surface area (Å²) >= 11 is 0. The van der Waals surface area contributed by atoms with Crippen molar-refractivity contribution in [3.63, 3.8) is 0 Å². The second kappa shape index (κ2) is 8.82. The van der Waals surface area contributed by atoms with Gasteiger partial charge in [0.15, 0.2) is 11.5 Å². The van der Waals surface area contributed by atoms with Gasteiger partial charge in [-0.05, 0) is 48.6 Å². The van der Waals surface area contributed by atoms with Gasteiger partial charge in [0.05, 0.1) is 5.52 Å². The quantitative estimate of drug-likeness (QED) is 0.441. The first-order chi connectivity index (χ1) is 14.6. The standard InChI is InChI=1S/C23H22N2O5/c26-22(25-11-4-6-15-5-3-9-20-21(15)30-14-29-20)18(23(27)28)13-16-10-12-24-19-8-2-1-7-17(16)19/h1-3,5,7-10,12,18H,4,6,11,13-14H2,(H,25,26)(H,27,28). The van der Waals surface area contributed by atoms with E-state index < -0.39 is 17.8 Å². The predicted molar refractivity (Wildman–Crippen MR) is 110 cm³/mol. The smallest absolute Gasteiger partial charge is 0.316 e. The second-order valence-corrected chi connectivity index (χ2v) is 7.13. The van der Waals surface area contributed by atoms with E-state index in [9.17, 15) is 14.7 Å². The van der Waals surface area contributed by atoms with Crippen LogP contribution in [0.2, 0.25) is 0 Å². The molecule has 30 heavy (non-hydrogen) atoms. The Morgan fingerprint density at radius 3 is 2.80 bits per heavy atom. The van der Waals surface area contributed by atoms with Crippen molar-refractivity contribution in [2.75, 3.05) is 13.3 Å². The number of hydrogen-bond acceptors (Lipinski definition) is 5. The highest BCUT2D eigenvalue weighted by molar-refractivity contribution is 5.97. The fourth-order valence-electron chi connectivity index (χ4n) is 3.65. The first-order valence-corrected chi connectivity index (χ1v) is 9.84. The van der Waals surface area contributed by atoms with Crippen molar-refractivity contribution in [2.45, 2.75) is 19.3 Å². The zero-order valence-corrected chi connectivity index (χ0v) is 16.3. The summed E-state index contributed by atoms with van der Waals surface area (Å²) in [7, 11) is 0. The van der Waals surface area contributed by atoms with Crippen LogP contribution in [-0.2, 0) is 22.4 Å². The molecule has 1 amide bonds. The van der Waals surface area contributed by atoms with E-state index in [4.69, 9.17) is 9.47 Å². The fraction of sp³-hybridized carbons (Fsp3) is 0.261. The van der Waals surface area contributed by atoms with Crippen molar-refractivity contribution < 1.29 is 24.2 Å². The molecule has 154 valence electrons. The van der Waals surface area contributed by atoms with E-state index in [0.717, 1.165) is 33.5 Å². The predicted octanol–water partition coefficient (Wildman–Crippen LogP) is 2.96. The second-order valence-electron chi connectivity index (χ2n) is 7.13. The summed E-state index contributed by atoms with van der Waals surface area (Å²) in [5.74, 6) is -1.31. The average Bonchev–Trinajstić information content (AvgIpc) is 3.24. The van der Waals surface area contributed by atoms with Gasteiger partial charge >= 0.3 is 5.97 Å². The maximum Gasteiger partial charge on any atom is 0.316 e. The number of carbonyl (C=O) groups is 2. The van der Waals surface area contributed by atoms with Crippen molar-refractivity contribution in [3.05, 3.63) is 65.9 Å². The zero-order chi connectivity index (χ0) is 20.9. The molecule has 1 aliphatic heterocycles. The van der Waals surface area contributed by atoms with Gasteiger partial charge in [-0.1, -0.05) is 30.3 Å². The Morgan fingerprint density at radius 1 is 1.07 bits per heavy atom. The summed E-state index contributed by atoms with van der Waals surface area (Å²) in [5.41, 5.74) is 2.58. The lowest BCUT2D eigenvalue weighted by Crippen LogP contribution is -2.37. The highest BCUT2D eigenvalue weighted by atomic mass is 16.7. The molecule has 0 fully saturated rings. The average molecular weight is 406 g/mol. The van der Waals surface area contributed by atoms with E-state index >= 15 is 0 Å². The molecule has 0 aliphatic carbocycles. The molecular formula is C23H22N2O5. The normalized spacial score (nSPS) is 13.2. The third kappa shape index (κ3) is 4.20. The van der Waals surface area contributed by atoms with E-state index in [-0.39, 0.29) is 13.2 Å². The van der Waals surface area contributed by atoms with Crippen LogP contribution in [-0.4, -0.2) is 35.3 Å². The van der Waals surface area contributed by atoms with Crippen molar-refractivity contribution in [3.8, 4) is 11.5 Å². The van der Waals surface area contributed by atoms with Gasteiger partial charge in [-0.25, -0.2) is 0 Å². The first kappa shape index (κ1) is 19.7. The summed E-state index contributed by atoms with van der Waals surface area (Å²) in [6.45, 7) is 0.595. The van der Waals surface area contributed by atoms with Gasteiger partial charge in [0.2, 0.25) is 12.7 Å². The molecule has 1 aliphatic rings. The number of carboxylic acid groups (broad SMARTS) is 1. The number of fused-ring (bicyclic) bond motifs is 2. The summed E-state index contributed by atoms with van der Waals surface area (Å²) in [6.07, 6.45) is 3.11. The molecule has 1 atom stereocenters. The molecule has 0 saturated heterocycles. The third-order valence-corrected chi connectivity index (χ3v) is 5.18. The number of nitrogens with one attached hydrogen (secondary N) is 1. The number of aryl methyl sites for hydroxylation is 1. The number of nitrogens with zero attached hydrogens (tertiary/aromatic N) is 1. The maximum absolute atomic E-state index is 12.6. The molecule has 0 saturated carbocycles. The van der Waals surface area contributed by atoms with E-state index in [2.05, 4.69) is 10.3 Å². The third-order valence-electron chi connectivity index (χ3n) is 5.18. The van der Waals surface area contributed by atoms with Gasteiger partial charge in [-0.3, -0.25) is 14.6 Å². The number of pyridine rings is 1. The number of benzene rings is 2. The number of aromatic nitrogens is 1. The number of hydrogen-bond donors (Lipinski definition) is 2. The van der Waals surface area contributed by atoms with Gasteiger partial charge in [-0.15, -0.1) is 0 Å². The molecule has 2 aromatic carbocycles. The van der Waals surface area contributed by atoms with Crippen molar-refractivity contribution in [2.24, 2.45) is 5.92 Å². The van der Waals surface area contributed by atoms with Crippen molar-refractivity contribution in [1.82, 2.24) is 10.3 Å². The van der Waals surface area contributed by atoms with E-state index in [1.165, 1.54) is 0 Å². The van der Waals surface area contributed by atoms with Crippen LogP contribution >= 0.6 is 0 Å². The number of carbonyl (C=O) groups excluding carboxylic acids is 1. The van der Waals surface area contributed by atoms with Crippen LogP contribution in [0.1, 0.15) is 17.5 Å². The van der Waals surface area contributed by atoms with Crippen molar-refractivity contribution >= 4 is 22.8 Å². The van der Waals surface area contributed by atoms with Crippen LogP contribution < -0.4 is 14.8 Å². The molecular weight excluding hydrogens is 384 g/mol. The lowest BCUT2D eigenvalue weighted by atomic mass is 9.96. The van der Waals surface area contributed by atoms with Crippen LogP contribution in [0.15, 0.2) is 54.7 Å². The Hall–Kier alpha value is -3.61. The van der Waals surface area contributed by atoms with Crippen LogP contribution in [0, 0.1) is 5.92 Å². The number of aliphatic carboxylic acids is 1. The van der Waals surface area contributed by atoms with Gasteiger partial charge in [0, 0.05) is 18.1 Å². The molecule has 7 nitrogen and oxygen atoms in total. The summed E-state index contributed by atoms with van der Waals surface area (Å²) in [4.78, 5) is 28.6. The Morgan fingerprint density at radius 2 is 1.93 bits per heavy atom. The Bertz CT molecular complexity index is 1080. The molecule has 1 aromatic heterocycles. The van der Waals surface area contributed by atoms with Gasteiger partial charge in [0.1, 0.15) is 5.92 Å². The number of para-hydroxylation sites is 2. The first-order valence-electron chi connectivity index (χ1n) is 9.84. The molecule has 0 spiro atoms. The maximum atomic E-state index is 12.6. The summed E-state index contributed by atoms with van der Waals surface area (Å²) < 4.78 is 10.9. The lowest BCUT2D eigenvalue weighted by Gasteiger charge is -2.14. The Balaban J connectivity index is 1.36. The number of carboxylic acids is 1. The minimum absolute atomic E-state index is 0.113. The molecule has 2 N–H and O–H groups in total. The Kier molecular flexibility index (Phi) is 5.79. The topological polar surface area (TPSA) is 97.8 Å². The summed E-state index contributed by atoms with van der Waals surface area (Å²) in [6, 6.07) is 15.0. The van der Waals surface area contributed by atoms with Crippen LogP contribution in [0.3, 0.4) is 0 Å². The van der Waals surface area contributed by atoms with E-state index in [0.29, 0.717) is 19.4 Å². The van der Waals surface area contributed by atoms with E-state index in [1.807, 2.05) is 42.5 Å². The molecule has 0 radical (unpaired) electrons. The van der Waals surface area contributed by atoms with E-state index in [1.54, 1.807) is 12.3 Å². The number of amides is 1. The van der Waals surface area contributed by atoms with Crippen LogP contribution in [0.25, 0.3) is 10.9 Å². The number of rotatable bonds is 8. The van der Waals surface area contributed by atoms with Gasteiger partial charge in [-0.2, -0.15) is 0 Å². The van der Waals surface area contributed by atoms with Crippen molar-refractivity contribution in [1.29, 1.82) is 0 Å².